The summed E-state index contributed by atoms with van der Waals surface area (Å²) in [6.07, 6.45) is 3.54. The fourth-order valence-corrected chi connectivity index (χ4v) is 3.79. The maximum Gasteiger partial charge on any atom is 0.255 e. The maximum atomic E-state index is 13.1. The molecule has 168 valence electrons. The van der Waals surface area contributed by atoms with E-state index in [1.165, 1.54) is 11.1 Å². The molecule has 0 aliphatic rings. The number of rotatable bonds is 7. The molecule has 4 N–H and O–H groups in total. The second kappa shape index (κ2) is 9.53. The normalized spacial score (nSPS) is 11.3. The molecule has 0 unspecified atom stereocenters. The van der Waals surface area contributed by atoms with Crippen LogP contribution < -0.4 is 16.4 Å². The molecule has 0 atom stereocenters. The highest BCUT2D eigenvalue weighted by molar-refractivity contribution is 6.07. The average molecular weight is 431 g/mol. The van der Waals surface area contributed by atoms with Crippen LogP contribution >= 0.6 is 0 Å². The predicted octanol–water partition coefficient (Wildman–Crippen LogP) is 5.63. The molecular formula is C27H34N4O. The highest BCUT2D eigenvalue weighted by atomic mass is 16.1. The van der Waals surface area contributed by atoms with Gasteiger partial charge in [-0.2, -0.15) is 0 Å². The van der Waals surface area contributed by atoms with Crippen molar-refractivity contribution in [3.8, 4) is 11.1 Å². The number of hydrogen-bond acceptors (Lipinski definition) is 4. The lowest BCUT2D eigenvalue weighted by Gasteiger charge is -2.26. The standard InChI is InChI=1S/C27H34N4O/c1-17-7-18(2)10-21(9-17)23-13-29-14-24(25(23)30-16-27(5,6)15-28)31-26(32)22-11-19(3)8-20(4)12-22/h7-14H,15-16,28H2,1-6H3,(H,29,30)(H,31,32). The number of aryl methyl sites for hydroxylation is 4. The number of nitrogens with two attached hydrogens (primary N) is 1. The van der Waals surface area contributed by atoms with E-state index < -0.39 is 0 Å². The summed E-state index contributed by atoms with van der Waals surface area (Å²) in [5, 5.41) is 6.64. The van der Waals surface area contributed by atoms with E-state index in [0.717, 1.165) is 27.9 Å². The molecular weight excluding hydrogens is 396 g/mol. The minimum absolute atomic E-state index is 0.0992. The molecule has 2 aromatic carbocycles. The van der Waals surface area contributed by atoms with E-state index in [0.29, 0.717) is 24.3 Å². The Morgan fingerprint density at radius 1 is 0.906 bits per heavy atom. The topological polar surface area (TPSA) is 80.0 Å². The first-order valence-corrected chi connectivity index (χ1v) is 11.0. The molecule has 0 radical (unpaired) electrons. The highest BCUT2D eigenvalue weighted by Gasteiger charge is 2.20. The van der Waals surface area contributed by atoms with E-state index >= 15 is 0 Å². The Hall–Kier alpha value is -3.18. The van der Waals surface area contributed by atoms with Crippen molar-refractivity contribution in [2.24, 2.45) is 11.1 Å². The lowest BCUT2D eigenvalue weighted by atomic mass is 9.93. The van der Waals surface area contributed by atoms with Gasteiger partial charge in [-0.15, -0.1) is 0 Å². The molecule has 1 heterocycles. The Labute approximate surface area is 191 Å². The summed E-state index contributed by atoms with van der Waals surface area (Å²) >= 11 is 0. The third-order valence-corrected chi connectivity index (χ3v) is 5.51. The third-order valence-electron chi connectivity index (χ3n) is 5.51. The molecule has 0 saturated heterocycles. The third kappa shape index (κ3) is 5.74. The SMILES string of the molecule is Cc1cc(C)cc(C(=O)Nc2cncc(-c3cc(C)cc(C)c3)c2NCC(C)(C)CN)c1. The van der Waals surface area contributed by atoms with Crippen LogP contribution in [0.5, 0.6) is 0 Å². The van der Waals surface area contributed by atoms with Gasteiger partial charge in [0.1, 0.15) is 0 Å². The van der Waals surface area contributed by atoms with Crippen molar-refractivity contribution in [3.63, 3.8) is 0 Å². The second-order valence-corrected chi connectivity index (χ2v) is 9.54. The molecule has 0 fully saturated rings. The van der Waals surface area contributed by atoms with Gasteiger partial charge in [0.25, 0.3) is 5.91 Å². The van der Waals surface area contributed by atoms with Gasteiger partial charge in [-0.05, 0) is 57.4 Å². The summed E-state index contributed by atoms with van der Waals surface area (Å²) in [6, 6.07) is 12.3. The van der Waals surface area contributed by atoms with Crippen LogP contribution in [-0.2, 0) is 0 Å². The molecule has 1 aromatic heterocycles. The summed E-state index contributed by atoms with van der Waals surface area (Å²) in [4.78, 5) is 17.5. The summed E-state index contributed by atoms with van der Waals surface area (Å²) in [7, 11) is 0. The molecule has 0 bridgehead atoms. The van der Waals surface area contributed by atoms with Crippen LogP contribution in [-0.4, -0.2) is 24.0 Å². The molecule has 32 heavy (non-hydrogen) atoms. The molecule has 1 amide bonds. The minimum atomic E-state index is -0.155. The summed E-state index contributed by atoms with van der Waals surface area (Å²) in [5.41, 5.74) is 14.5. The molecule has 3 rings (SSSR count). The van der Waals surface area contributed by atoms with Crippen molar-refractivity contribution >= 4 is 17.3 Å². The predicted molar refractivity (Wildman–Crippen MR) is 134 cm³/mol. The summed E-state index contributed by atoms with van der Waals surface area (Å²) < 4.78 is 0. The van der Waals surface area contributed by atoms with Crippen molar-refractivity contribution in [3.05, 3.63) is 76.6 Å². The number of nitrogens with zero attached hydrogens (tertiary/aromatic N) is 1. The van der Waals surface area contributed by atoms with Gasteiger partial charge in [-0.1, -0.05) is 60.4 Å². The Balaban J connectivity index is 2.05. The molecule has 5 heteroatoms. The van der Waals surface area contributed by atoms with Crippen LogP contribution in [0.3, 0.4) is 0 Å². The van der Waals surface area contributed by atoms with E-state index in [9.17, 15) is 4.79 Å². The van der Waals surface area contributed by atoms with Crippen molar-refractivity contribution in [2.45, 2.75) is 41.5 Å². The number of hydrogen-bond donors (Lipinski definition) is 3. The Morgan fingerprint density at radius 3 is 2.03 bits per heavy atom. The molecule has 5 nitrogen and oxygen atoms in total. The van der Waals surface area contributed by atoms with E-state index in [2.05, 4.69) is 67.6 Å². The number of amides is 1. The number of carbonyl (C=O) groups is 1. The zero-order valence-corrected chi connectivity index (χ0v) is 20.0. The number of aromatic nitrogens is 1. The van der Waals surface area contributed by atoms with Crippen LogP contribution in [0.1, 0.15) is 46.5 Å². The van der Waals surface area contributed by atoms with Crippen molar-refractivity contribution in [1.29, 1.82) is 0 Å². The van der Waals surface area contributed by atoms with Crippen LogP contribution in [0.2, 0.25) is 0 Å². The van der Waals surface area contributed by atoms with Gasteiger partial charge in [-0.3, -0.25) is 9.78 Å². The zero-order chi connectivity index (χ0) is 23.5. The second-order valence-electron chi connectivity index (χ2n) is 9.54. The smallest absolute Gasteiger partial charge is 0.255 e. The number of benzene rings is 2. The zero-order valence-electron chi connectivity index (χ0n) is 20.0. The lowest BCUT2D eigenvalue weighted by molar-refractivity contribution is 0.102. The quantitative estimate of drug-likeness (QED) is 0.454. The summed E-state index contributed by atoms with van der Waals surface area (Å²) in [6.45, 7) is 13.6. The molecule has 3 aromatic rings. The molecule has 0 aliphatic heterocycles. The molecule has 0 spiro atoms. The van der Waals surface area contributed by atoms with Crippen LogP contribution in [0.15, 0.2) is 48.8 Å². The minimum Gasteiger partial charge on any atom is -0.382 e. The summed E-state index contributed by atoms with van der Waals surface area (Å²) in [5.74, 6) is -0.155. The van der Waals surface area contributed by atoms with Gasteiger partial charge < -0.3 is 16.4 Å². The van der Waals surface area contributed by atoms with Crippen molar-refractivity contribution in [2.75, 3.05) is 23.7 Å². The van der Waals surface area contributed by atoms with Gasteiger partial charge in [0.2, 0.25) is 0 Å². The first kappa shape index (κ1) is 23.5. The van der Waals surface area contributed by atoms with E-state index in [1.807, 2.05) is 32.2 Å². The van der Waals surface area contributed by atoms with Crippen LogP contribution in [0.4, 0.5) is 11.4 Å². The number of pyridine rings is 1. The number of anilines is 2. The largest absolute Gasteiger partial charge is 0.382 e. The van der Waals surface area contributed by atoms with Gasteiger partial charge >= 0.3 is 0 Å². The van der Waals surface area contributed by atoms with Crippen molar-refractivity contribution < 1.29 is 4.79 Å². The lowest BCUT2D eigenvalue weighted by Crippen LogP contribution is -2.31. The molecule has 0 saturated carbocycles. The van der Waals surface area contributed by atoms with E-state index in [-0.39, 0.29) is 11.3 Å². The van der Waals surface area contributed by atoms with Gasteiger partial charge in [0.15, 0.2) is 0 Å². The van der Waals surface area contributed by atoms with Gasteiger partial charge in [-0.25, -0.2) is 0 Å². The fraction of sp³-hybridized carbons (Fsp3) is 0.333. The first-order valence-electron chi connectivity index (χ1n) is 11.0. The molecule has 0 aliphatic carbocycles. The van der Waals surface area contributed by atoms with Gasteiger partial charge in [0.05, 0.1) is 17.6 Å². The van der Waals surface area contributed by atoms with E-state index in [4.69, 9.17) is 5.73 Å². The van der Waals surface area contributed by atoms with Crippen LogP contribution in [0, 0.1) is 33.1 Å². The maximum absolute atomic E-state index is 13.1. The Bertz CT molecular complexity index is 1090. The monoisotopic (exact) mass is 430 g/mol. The number of carbonyl (C=O) groups excluding carboxylic acids is 1. The number of nitrogens with one attached hydrogen (secondary N) is 2. The first-order chi connectivity index (χ1) is 15.1. The van der Waals surface area contributed by atoms with E-state index in [1.54, 1.807) is 6.20 Å². The van der Waals surface area contributed by atoms with Crippen molar-refractivity contribution in [1.82, 2.24) is 4.98 Å². The van der Waals surface area contributed by atoms with Crippen LogP contribution in [0.25, 0.3) is 11.1 Å². The Morgan fingerprint density at radius 2 is 1.47 bits per heavy atom. The van der Waals surface area contributed by atoms with Gasteiger partial charge in [0, 0.05) is 23.9 Å². The fourth-order valence-electron chi connectivity index (χ4n) is 3.79. The Kier molecular flexibility index (Phi) is 6.99. The highest BCUT2D eigenvalue weighted by Crippen LogP contribution is 2.35. The average Bonchev–Trinajstić information content (AvgIpc) is 2.71.